The van der Waals surface area contributed by atoms with Crippen LogP contribution in [0.25, 0.3) is 0 Å². The Hall–Kier alpha value is -1.24. The van der Waals surface area contributed by atoms with Gasteiger partial charge < -0.3 is 10.1 Å². The number of nitrogens with one attached hydrogen (secondary N) is 1. The van der Waals surface area contributed by atoms with Gasteiger partial charge in [-0.25, -0.2) is 0 Å². The molecule has 22 heavy (non-hydrogen) atoms. The van der Waals surface area contributed by atoms with Gasteiger partial charge in [-0.1, -0.05) is 6.42 Å². The van der Waals surface area contributed by atoms with Crippen LogP contribution in [0.15, 0.2) is 11.4 Å². The van der Waals surface area contributed by atoms with E-state index in [2.05, 4.69) is 10.2 Å². The zero-order valence-electron chi connectivity index (χ0n) is 12.8. The molecule has 2 atom stereocenters. The van der Waals surface area contributed by atoms with E-state index in [0.29, 0.717) is 23.0 Å². The van der Waals surface area contributed by atoms with E-state index in [-0.39, 0.29) is 17.8 Å². The van der Waals surface area contributed by atoms with Crippen LogP contribution in [-0.4, -0.2) is 55.0 Å². The third-order valence-corrected chi connectivity index (χ3v) is 5.36. The molecule has 1 aromatic rings. The summed E-state index contributed by atoms with van der Waals surface area (Å²) in [5.74, 6) is -0.135. The van der Waals surface area contributed by atoms with Crippen molar-refractivity contribution in [3.05, 3.63) is 21.9 Å². The highest BCUT2D eigenvalue weighted by Gasteiger charge is 2.30. The molecule has 2 saturated heterocycles. The second kappa shape index (κ2) is 6.89. The second-order valence-corrected chi connectivity index (χ2v) is 6.98. The van der Waals surface area contributed by atoms with Gasteiger partial charge in [-0.3, -0.25) is 14.5 Å². The summed E-state index contributed by atoms with van der Waals surface area (Å²) in [6.07, 6.45) is 3.84. The lowest BCUT2D eigenvalue weighted by Gasteiger charge is -2.42. The van der Waals surface area contributed by atoms with Gasteiger partial charge in [0.15, 0.2) is 5.78 Å². The maximum Gasteiger partial charge on any atom is 0.261 e. The van der Waals surface area contributed by atoms with E-state index in [4.69, 9.17) is 4.74 Å². The monoisotopic (exact) mass is 322 g/mol. The maximum absolute atomic E-state index is 12.1. The Morgan fingerprint density at radius 1 is 1.45 bits per heavy atom. The Morgan fingerprint density at radius 2 is 2.32 bits per heavy atom. The number of Topliss-reactive ketones (excluding diaryl/α,β-unsaturated/α-hetero) is 1. The first kappa shape index (κ1) is 15.6. The molecule has 120 valence electrons. The Balaban J connectivity index is 1.49. The molecule has 1 N–H and O–H groups in total. The van der Waals surface area contributed by atoms with Crippen LogP contribution in [0.1, 0.15) is 46.2 Å². The fourth-order valence-electron chi connectivity index (χ4n) is 3.11. The summed E-state index contributed by atoms with van der Waals surface area (Å²) in [5.41, 5.74) is 0.597. The van der Waals surface area contributed by atoms with Crippen LogP contribution in [0.5, 0.6) is 0 Å². The largest absolute Gasteiger partial charge is 0.373 e. The lowest BCUT2D eigenvalue weighted by molar-refractivity contribution is -0.0725. The number of ketones is 1. The van der Waals surface area contributed by atoms with Crippen molar-refractivity contribution in [2.45, 2.75) is 38.3 Å². The van der Waals surface area contributed by atoms with Crippen LogP contribution in [-0.2, 0) is 4.74 Å². The first-order valence-electron chi connectivity index (χ1n) is 7.87. The topological polar surface area (TPSA) is 58.6 Å². The molecule has 0 saturated carbocycles. The summed E-state index contributed by atoms with van der Waals surface area (Å²) in [6, 6.07) is 2.22. The first-order valence-corrected chi connectivity index (χ1v) is 8.75. The smallest absolute Gasteiger partial charge is 0.261 e. The number of amides is 1. The Kier molecular flexibility index (Phi) is 4.90. The standard InChI is InChI=1S/C16H22N2O3S/c1-11(19)12-6-15(22-10-12)16(20)17-7-14-8-18-5-3-2-4-13(18)9-21-14/h6,10,13-14H,2-5,7-9H2,1H3,(H,17,20). The molecule has 2 aliphatic rings. The maximum atomic E-state index is 12.1. The quantitative estimate of drug-likeness (QED) is 0.861. The van der Waals surface area contributed by atoms with Crippen molar-refractivity contribution in [1.82, 2.24) is 10.2 Å². The summed E-state index contributed by atoms with van der Waals surface area (Å²) in [6.45, 7) is 4.84. The zero-order chi connectivity index (χ0) is 15.5. The summed E-state index contributed by atoms with van der Waals surface area (Å²) in [7, 11) is 0. The number of rotatable bonds is 4. The lowest BCUT2D eigenvalue weighted by atomic mass is 10.0. The summed E-state index contributed by atoms with van der Waals surface area (Å²) < 4.78 is 5.87. The fraction of sp³-hybridized carbons (Fsp3) is 0.625. The molecule has 0 bridgehead atoms. The predicted octanol–water partition coefficient (Wildman–Crippen LogP) is 1.93. The summed E-state index contributed by atoms with van der Waals surface area (Å²) >= 11 is 1.31. The molecule has 3 heterocycles. The molecule has 1 aromatic heterocycles. The average Bonchev–Trinajstić information content (AvgIpc) is 3.03. The van der Waals surface area contributed by atoms with Gasteiger partial charge in [-0.05, 0) is 32.4 Å². The fourth-order valence-corrected chi connectivity index (χ4v) is 3.97. The molecule has 0 spiro atoms. The normalized spacial score (nSPS) is 25.5. The minimum absolute atomic E-state index is 0.0120. The molecule has 2 aliphatic heterocycles. The molecular formula is C16H22N2O3S. The minimum Gasteiger partial charge on any atom is -0.373 e. The van der Waals surface area contributed by atoms with Gasteiger partial charge in [0.05, 0.1) is 17.6 Å². The average molecular weight is 322 g/mol. The van der Waals surface area contributed by atoms with Crippen LogP contribution in [0.4, 0.5) is 0 Å². The summed E-state index contributed by atoms with van der Waals surface area (Å²) in [4.78, 5) is 26.5. The van der Waals surface area contributed by atoms with Gasteiger partial charge in [0.25, 0.3) is 5.91 Å². The predicted molar refractivity (Wildman–Crippen MR) is 85.6 cm³/mol. The number of thiophene rings is 1. The number of carbonyl (C=O) groups is 2. The van der Waals surface area contributed by atoms with Crippen molar-refractivity contribution < 1.29 is 14.3 Å². The van der Waals surface area contributed by atoms with E-state index in [1.807, 2.05) is 0 Å². The molecule has 1 amide bonds. The van der Waals surface area contributed by atoms with Crippen molar-refractivity contribution in [2.75, 3.05) is 26.2 Å². The summed E-state index contributed by atoms with van der Waals surface area (Å²) in [5, 5.41) is 4.65. The van der Waals surface area contributed by atoms with Crippen LogP contribution in [0.3, 0.4) is 0 Å². The van der Waals surface area contributed by atoms with E-state index in [9.17, 15) is 9.59 Å². The molecule has 2 fully saturated rings. The molecule has 3 rings (SSSR count). The highest BCUT2D eigenvalue weighted by Crippen LogP contribution is 2.22. The van der Waals surface area contributed by atoms with Gasteiger partial charge in [0.2, 0.25) is 0 Å². The number of hydrogen-bond donors (Lipinski definition) is 1. The number of hydrogen-bond acceptors (Lipinski definition) is 5. The van der Waals surface area contributed by atoms with Crippen molar-refractivity contribution in [3.8, 4) is 0 Å². The first-order chi connectivity index (χ1) is 10.6. The highest BCUT2D eigenvalue weighted by atomic mass is 32.1. The lowest BCUT2D eigenvalue weighted by Crippen LogP contribution is -2.54. The van der Waals surface area contributed by atoms with Crippen LogP contribution >= 0.6 is 11.3 Å². The van der Waals surface area contributed by atoms with Gasteiger partial charge in [-0.2, -0.15) is 0 Å². The van der Waals surface area contributed by atoms with Crippen molar-refractivity contribution in [2.24, 2.45) is 0 Å². The van der Waals surface area contributed by atoms with Gasteiger partial charge >= 0.3 is 0 Å². The number of nitrogens with zero attached hydrogens (tertiary/aromatic N) is 1. The van der Waals surface area contributed by atoms with E-state index >= 15 is 0 Å². The van der Waals surface area contributed by atoms with Crippen LogP contribution in [0.2, 0.25) is 0 Å². The zero-order valence-corrected chi connectivity index (χ0v) is 13.7. The molecular weight excluding hydrogens is 300 g/mol. The number of ether oxygens (including phenoxy) is 1. The molecule has 6 heteroatoms. The van der Waals surface area contributed by atoms with Gasteiger partial charge in [0, 0.05) is 30.1 Å². The number of morpholine rings is 1. The van der Waals surface area contributed by atoms with Crippen molar-refractivity contribution in [3.63, 3.8) is 0 Å². The number of fused-ring (bicyclic) bond motifs is 1. The van der Waals surface area contributed by atoms with E-state index in [0.717, 1.165) is 19.7 Å². The van der Waals surface area contributed by atoms with Gasteiger partial charge in [0.1, 0.15) is 0 Å². The Bertz CT molecular complexity index is 557. The molecule has 2 unspecified atom stereocenters. The van der Waals surface area contributed by atoms with Gasteiger partial charge in [-0.15, -0.1) is 11.3 Å². The second-order valence-electron chi connectivity index (χ2n) is 6.07. The van der Waals surface area contributed by atoms with E-state index in [1.165, 1.54) is 37.5 Å². The third kappa shape index (κ3) is 3.56. The number of piperidine rings is 1. The number of carbonyl (C=O) groups excluding carboxylic acids is 2. The van der Waals surface area contributed by atoms with Crippen LogP contribution in [0, 0.1) is 0 Å². The molecule has 5 nitrogen and oxygen atoms in total. The Morgan fingerprint density at radius 3 is 3.09 bits per heavy atom. The molecule has 0 aromatic carbocycles. The van der Waals surface area contributed by atoms with Crippen molar-refractivity contribution >= 4 is 23.0 Å². The Labute approximate surface area is 134 Å². The van der Waals surface area contributed by atoms with Crippen LogP contribution < -0.4 is 5.32 Å². The van der Waals surface area contributed by atoms with E-state index < -0.39 is 0 Å². The third-order valence-electron chi connectivity index (χ3n) is 4.43. The van der Waals surface area contributed by atoms with E-state index in [1.54, 1.807) is 11.4 Å². The van der Waals surface area contributed by atoms with Crippen molar-refractivity contribution in [1.29, 1.82) is 0 Å². The SMILES string of the molecule is CC(=O)c1csc(C(=O)NCC2CN3CCCCC3CO2)c1. The highest BCUT2D eigenvalue weighted by molar-refractivity contribution is 7.12. The molecule has 0 radical (unpaired) electrons. The molecule has 0 aliphatic carbocycles. The minimum atomic E-state index is -0.123.